The summed E-state index contributed by atoms with van der Waals surface area (Å²) in [7, 11) is 5.10. The van der Waals surface area contributed by atoms with Gasteiger partial charge in [0, 0.05) is 24.2 Å². The molecule has 0 saturated heterocycles. The quantitative estimate of drug-likeness (QED) is 0.921. The maximum absolute atomic E-state index is 5.84. The zero-order valence-electron chi connectivity index (χ0n) is 11.9. The average molecular weight is 261 g/mol. The van der Waals surface area contributed by atoms with Gasteiger partial charge in [0.05, 0.1) is 19.9 Å². The van der Waals surface area contributed by atoms with Gasteiger partial charge in [-0.25, -0.2) is 0 Å². The minimum absolute atomic E-state index is 0.627. The average Bonchev–Trinajstić information content (AvgIpc) is 2.71. The summed E-state index contributed by atoms with van der Waals surface area (Å²) in [4.78, 5) is 0. The minimum Gasteiger partial charge on any atom is -0.493 e. The number of nitrogen functional groups attached to an aromatic ring is 1. The van der Waals surface area contributed by atoms with E-state index in [9.17, 15) is 0 Å². The third-order valence-electron chi connectivity index (χ3n) is 3.27. The number of anilines is 1. The predicted octanol–water partition coefficient (Wildman–Crippen LogP) is 2.30. The molecule has 19 heavy (non-hydrogen) atoms. The van der Waals surface area contributed by atoms with Crippen molar-refractivity contribution in [2.75, 3.05) is 20.0 Å². The molecule has 0 atom stereocenters. The van der Waals surface area contributed by atoms with Crippen LogP contribution in [0.5, 0.6) is 11.5 Å². The normalized spacial score (nSPS) is 10.6. The zero-order chi connectivity index (χ0) is 14.2. The summed E-state index contributed by atoms with van der Waals surface area (Å²) in [6.07, 6.45) is 0. The van der Waals surface area contributed by atoms with Crippen molar-refractivity contribution in [3.63, 3.8) is 0 Å². The van der Waals surface area contributed by atoms with E-state index in [-0.39, 0.29) is 0 Å². The molecule has 0 aliphatic heterocycles. The molecule has 2 N–H and O–H groups in total. The van der Waals surface area contributed by atoms with Gasteiger partial charge in [-0.2, -0.15) is 5.10 Å². The molecule has 1 aromatic heterocycles. The van der Waals surface area contributed by atoms with Crippen LogP contribution in [0.3, 0.4) is 0 Å². The van der Waals surface area contributed by atoms with E-state index in [1.807, 2.05) is 33.0 Å². The molecule has 0 bridgehead atoms. The molecular formula is C14H19N3O2. The number of benzene rings is 1. The largest absolute Gasteiger partial charge is 0.493 e. The van der Waals surface area contributed by atoms with Crippen LogP contribution < -0.4 is 15.2 Å². The second-order valence-electron chi connectivity index (χ2n) is 4.51. The highest BCUT2D eigenvalue weighted by Crippen LogP contribution is 2.40. The Hall–Kier alpha value is -2.17. The Balaban J connectivity index is 2.68. The van der Waals surface area contributed by atoms with Crippen molar-refractivity contribution in [3.8, 4) is 22.8 Å². The van der Waals surface area contributed by atoms with Gasteiger partial charge in [0.15, 0.2) is 11.5 Å². The van der Waals surface area contributed by atoms with Gasteiger partial charge in [-0.1, -0.05) is 0 Å². The van der Waals surface area contributed by atoms with Crippen LogP contribution in [-0.4, -0.2) is 24.0 Å². The van der Waals surface area contributed by atoms with E-state index < -0.39 is 0 Å². The Labute approximate surface area is 112 Å². The lowest BCUT2D eigenvalue weighted by molar-refractivity contribution is 0.351. The standard InChI is InChI=1S/C14H19N3O2/c1-8-6-10(11-7-12(15)17(3)16-11)9(2)14(19-5)13(8)18-4/h6-7H,15H2,1-5H3. The fourth-order valence-corrected chi connectivity index (χ4v) is 2.24. The first-order valence-electron chi connectivity index (χ1n) is 6.01. The fourth-order valence-electron chi connectivity index (χ4n) is 2.24. The maximum atomic E-state index is 5.84. The van der Waals surface area contributed by atoms with Crippen LogP contribution in [0.4, 0.5) is 5.82 Å². The lowest BCUT2D eigenvalue weighted by Crippen LogP contribution is -1.99. The molecule has 5 nitrogen and oxygen atoms in total. The van der Waals surface area contributed by atoms with Crippen molar-refractivity contribution < 1.29 is 9.47 Å². The van der Waals surface area contributed by atoms with Crippen LogP contribution in [-0.2, 0) is 7.05 Å². The number of methoxy groups -OCH3 is 2. The molecule has 0 aliphatic rings. The number of ether oxygens (including phenoxy) is 2. The van der Waals surface area contributed by atoms with E-state index in [4.69, 9.17) is 15.2 Å². The number of nitrogens with zero attached hydrogens (tertiary/aromatic N) is 2. The van der Waals surface area contributed by atoms with Gasteiger partial charge in [0.1, 0.15) is 5.82 Å². The summed E-state index contributed by atoms with van der Waals surface area (Å²) in [5.74, 6) is 2.12. The molecule has 0 radical (unpaired) electrons. The summed E-state index contributed by atoms with van der Waals surface area (Å²) in [6, 6.07) is 3.89. The SMILES string of the molecule is COc1c(C)cc(-c2cc(N)n(C)n2)c(C)c1OC. The first-order valence-corrected chi connectivity index (χ1v) is 6.01. The van der Waals surface area contributed by atoms with Crippen molar-refractivity contribution in [2.45, 2.75) is 13.8 Å². The molecule has 2 rings (SSSR count). The minimum atomic E-state index is 0.627. The summed E-state index contributed by atoms with van der Waals surface area (Å²) in [5, 5.41) is 4.41. The molecular weight excluding hydrogens is 242 g/mol. The smallest absolute Gasteiger partial charge is 0.164 e. The molecule has 0 saturated carbocycles. The lowest BCUT2D eigenvalue weighted by Gasteiger charge is -2.15. The van der Waals surface area contributed by atoms with Crippen LogP contribution in [0.25, 0.3) is 11.3 Å². The first-order chi connectivity index (χ1) is 8.99. The molecule has 102 valence electrons. The number of hydrogen-bond donors (Lipinski definition) is 1. The van der Waals surface area contributed by atoms with E-state index in [0.29, 0.717) is 5.82 Å². The van der Waals surface area contributed by atoms with Gasteiger partial charge in [-0.15, -0.1) is 0 Å². The molecule has 1 aromatic carbocycles. The second kappa shape index (κ2) is 4.84. The molecule has 0 unspecified atom stereocenters. The van der Waals surface area contributed by atoms with Crippen molar-refractivity contribution in [2.24, 2.45) is 7.05 Å². The van der Waals surface area contributed by atoms with Gasteiger partial charge >= 0.3 is 0 Å². The monoisotopic (exact) mass is 261 g/mol. The van der Waals surface area contributed by atoms with Crippen molar-refractivity contribution in [1.82, 2.24) is 9.78 Å². The van der Waals surface area contributed by atoms with Gasteiger partial charge in [-0.3, -0.25) is 4.68 Å². The Morgan fingerprint density at radius 1 is 1.11 bits per heavy atom. The Bertz CT molecular complexity index is 598. The van der Waals surface area contributed by atoms with E-state index in [1.165, 1.54) is 0 Å². The van der Waals surface area contributed by atoms with Gasteiger partial charge in [-0.05, 0) is 25.5 Å². The van der Waals surface area contributed by atoms with Crippen molar-refractivity contribution in [1.29, 1.82) is 0 Å². The number of rotatable bonds is 3. The lowest BCUT2D eigenvalue weighted by atomic mass is 10.0. The molecule has 5 heteroatoms. The highest BCUT2D eigenvalue weighted by molar-refractivity contribution is 5.73. The van der Waals surface area contributed by atoms with E-state index in [0.717, 1.165) is 33.9 Å². The van der Waals surface area contributed by atoms with E-state index >= 15 is 0 Å². The number of aromatic nitrogens is 2. The zero-order valence-corrected chi connectivity index (χ0v) is 11.9. The van der Waals surface area contributed by atoms with E-state index in [2.05, 4.69) is 5.10 Å². The highest BCUT2D eigenvalue weighted by Gasteiger charge is 2.17. The molecule has 0 aliphatic carbocycles. The van der Waals surface area contributed by atoms with Crippen molar-refractivity contribution >= 4 is 5.82 Å². The summed E-state index contributed by atoms with van der Waals surface area (Å²) < 4.78 is 12.5. The van der Waals surface area contributed by atoms with Gasteiger partial charge in [0.2, 0.25) is 0 Å². The second-order valence-corrected chi connectivity index (χ2v) is 4.51. The number of nitrogens with two attached hydrogens (primary N) is 1. The molecule has 1 heterocycles. The van der Waals surface area contributed by atoms with Crippen LogP contribution in [0.15, 0.2) is 12.1 Å². The van der Waals surface area contributed by atoms with Crippen LogP contribution >= 0.6 is 0 Å². The summed E-state index contributed by atoms with van der Waals surface area (Å²) >= 11 is 0. The molecule has 2 aromatic rings. The third kappa shape index (κ3) is 2.12. The van der Waals surface area contributed by atoms with Crippen LogP contribution in [0.2, 0.25) is 0 Å². The van der Waals surface area contributed by atoms with Crippen LogP contribution in [0.1, 0.15) is 11.1 Å². The Morgan fingerprint density at radius 2 is 1.74 bits per heavy atom. The van der Waals surface area contributed by atoms with Crippen molar-refractivity contribution in [3.05, 3.63) is 23.3 Å². The Kier molecular flexibility index (Phi) is 3.38. The van der Waals surface area contributed by atoms with Crippen LogP contribution in [0, 0.1) is 13.8 Å². The number of aryl methyl sites for hydroxylation is 2. The maximum Gasteiger partial charge on any atom is 0.164 e. The molecule has 0 amide bonds. The first kappa shape index (κ1) is 13.3. The van der Waals surface area contributed by atoms with E-state index in [1.54, 1.807) is 18.9 Å². The van der Waals surface area contributed by atoms with Gasteiger partial charge < -0.3 is 15.2 Å². The van der Waals surface area contributed by atoms with Gasteiger partial charge in [0.25, 0.3) is 0 Å². The highest BCUT2D eigenvalue weighted by atomic mass is 16.5. The fraction of sp³-hybridized carbons (Fsp3) is 0.357. The molecule has 0 spiro atoms. The predicted molar refractivity (Wildman–Crippen MR) is 75.6 cm³/mol. The molecule has 0 fully saturated rings. The Morgan fingerprint density at radius 3 is 2.21 bits per heavy atom. The third-order valence-corrected chi connectivity index (χ3v) is 3.27. The summed E-state index contributed by atoms with van der Waals surface area (Å²) in [5.41, 5.74) is 9.67. The topological polar surface area (TPSA) is 62.3 Å². The summed E-state index contributed by atoms with van der Waals surface area (Å²) in [6.45, 7) is 3.97. The number of hydrogen-bond acceptors (Lipinski definition) is 4.